The molecule has 1 saturated carbocycles. The summed E-state index contributed by atoms with van der Waals surface area (Å²) >= 11 is 0. The van der Waals surface area contributed by atoms with Gasteiger partial charge in [-0.1, -0.05) is 18.9 Å². The maximum Gasteiger partial charge on any atom is 0.244 e. The van der Waals surface area contributed by atoms with Crippen LogP contribution in [0.5, 0.6) is 17.2 Å². The molecule has 2 fully saturated rings. The van der Waals surface area contributed by atoms with E-state index < -0.39 is 17.7 Å². The lowest BCUT2D eigenvalue weighted by atomic mass is 9.71. The van der Waals surface area contributed by atoms with E-state index in [9.17, 15) is 19.5 Å². The second kappa shape index (κ2) is 12.4. The summed E-state index contributed by atoms with van der Waals surface area (Å²) < 4.78 is 17.1. The van der Waals surface area contributed by atoms with Crippen LogP contribution in [0.1, 0.15) is 69.5 Å². The first-order valence-corrected chi connectivity index (χ1v) is 15.2. The Balaban J connectivity index is 1.51. The standard InChI is InChI=1S/C33H43N3O7/c1-19(32(39)36-15-14-33(40)13-7-6-8-22(33)18-36)34-26-12-10-23-24(17-27(26)38)25(35-20(2)37)11-9-21-16-28(41-3)30(42-4)31(43-5)29(21)23/h10,12,16-17,19,22,25,40H,6-9,11,13-15,18H2,1-5H3,(H,34,38)(H,35,37). The molecule has 43 heavy (non-hydrogen) atoms. The van der Waals surface area contributed by atoms with E-state index in [1.807, 2.05) is 17.0 Å². The number of hydrogen-bond acceptors (Lipinski definition) is 8. The number of benzene rings is 1. The molecule has 5 rings (SSSR count). The SMILES string of the molecule is COc1cc2c(c(OC)c1OC)-c1ccc(NC(C)C(=O)N3CCC4(O)CCCCC4C3)c(=O)cc1C(NC(C)=O)CC2. The number of piperidine rings is 1. The van der Waals surface area contributed by atoms with Crippen LogP contribution in [0.2, 0.25) is 0 Å². The van der Waals surface area contributed by atoms with E-state index in [1.54, 1.807) is 40.4 Å². The zero-order valence-electron chi connectivity index (χ0n) is 25.7. The lowest BCUT2D eigenvalue weighted by molar-refractivity contribution is -0.143. The van der Waals surface area contributed by atoms with Gasteiger partial charge in [-0.15, -0.1) is 0 Å². The second-order valence-electron chi connectivity index (χ2n) is 12.0. The number of amides is 2. The molecule has 10 heteroatoms. The molecule has 4 unspecified atom stereocenters. The lowest BCUT2D eigenvalue weighted by Gasteiger charge is -2.47. The van der Waals surface area contributed by atoms with Crippen LogP contribution in [0.25, 0.3) is 11.1 Å². The second-order valence-corrected chi connectivity index (χ2v) is 12.0. The fourth-order valence-electron chi connectivity index (χ4n) is 7.17. The molecule has 4 atom stereocenters. The molecule has 2 aromatic rings. The van der Waals surface area contributed by atoms with E-state index >= 15 is 0 Å². The van der Waals surface area contributed by atoms with Gasteiger partial charge in [0.1, 0.15) is 6.04 Å². The highest BCUT2D eigenvalue weighted by Crippen LogP contribution is 2.50. The average molecular weight is 594 g/mol. The van der Waals surface area contributed by atoms with Gasteiger partial charge in [-0.2, -0.15) is 0 Å². The Hall–Kier alpha value is -3.79. The zero-order valence-corrected chi connectivity index (χ0v) is 25.7. The normalized spacial score (nSPS) is 23.4. The first-order valence-electron chi connectivity index (χ1n) is 15.2. The lowest BCUT2D eigenvalue weighted by Crippen LogP contribution is -2.56. The van der Waals surface area contributed by atoms with Gasteiger partial charge in [-0.05, 0) is 73.9 Å². The van der Waals surface area contributed by atoms with Crippen LogP contribution < -0.4 is 30.3 Å². The van der Waals surface area contributed by atoms with Crippen molar-refractivity contribution in [2.45, 2.75) is 76.5 Å². The average Bonchev–Trinajstić information content (AvgIpc) is 3.23. The van der Waals surface area contributed by atoms with Gasteiger partial charge in [0.15, 0.2) is 11.5 Å². The van der Waals surface area contributed by atoms with Gasteiger partial charge in [-0.25, -0.2) is 0 Å². The van der Waals surface area contributed by atoms with Gasteiger partial charge in [0, 0.05) is 31.5 Å². The Kier molecular flexibility index (Phi) is 8.87. The Bertz CT molecular complexity index is 1460. The van der Waals surface area contributed by atoms with Crippen molar-refractivity contribution in [3.63, 3.8) is 0 Å². The summed E-state index contributed by atoms with van der Waals surface area (Å²) in [6.07, 6.45) is 5.55. The van der Waals surface area contributed by atoms with E-state index in [2.05, 4.69) is 10.6 Å². The molecular formula is C33H43N3O7. The number of carbonyl (C=O) groups excluding carboxylic acids is 2. The van der Waals surface area contributed by atoms with Crippen molar-refractivity contribution in [3.8, 4) is 28.4 Å². The van der Waals surface area contributed by atoms with E-state index in [0.29, 0.717) is 55.2 Å². The van der Waals surface area contributed by atoms with Crippen molar-refractivity contribution >= 4 is 17.5 Å². The largest absolute Gasteiger partial charge is 0.493 e. The van der Waals surface area contributed by atoms with Crippen molar-refractivity contribution in [1.82, 2.24) is 10.2 Å². The molecule has 0 bridgehead atoms. The molecule has 0 aromatic heterocycles. The van der Waals surface area contributed by atoms with Gasteiger partial charge in [0.25, 0.3) is 0 Å². The summed E-state index contributed by atoms with van der Waals surface area (Å²) in [5.41, 5.74) is 2.40. The Morgan fingerprint density at radius 2 is 1.81 bits per heavy atom. The van der Waals surface area contributed by atoms with Gasteiger partial charge in [-0.3, -0.25) is 14.4 Å². The number of likely N-dealkylation sites (tertiary alicyclic amines) is 1. The predicted octanol–water partition coefficient (Wildman–Crippen LogP) is 3.82. The summed E-state index contributed by atoms with van der Waals surface area (Å²) in [4.78, 5) is 41.2. The van der Waals surface area contributed by atoms with Crippen molar-refractivity contribution < 1.29 is 28.9 Å². The van der Waals surface area contributed by atoms with Crippen LogP contribution in [0, 0.1) is 5.92 Å². The number of anilines is 1. The summed E-state index contributed by atoms with van der Waals surface area (Å²) in [6.45, 7) is 4.25. The third-order valence-electron chi connectivity index (χ3n) is 9.40. The van der Waals surface area contributed by atoms with Gasteiger partial charge < -0.3 is 34.9 Å². The fourth-order valence-corrected chi connectivity index (χ4v) is 7.17. The molecule has 10 nitrogen and oxygen atoms in total. The summed E-state index contributed by atoms with van der Waals surface area (Å²) in [5.74, 6) is 1.23. The highest BCUT2D eigenvalue weighted by Gasteiger charge is 2.44. The van der Waals surface area contributed by atoms with Crippen LogP contribution in [-0.2, 0) is 16.0 Å². The van der Waals surface area contributed by atoms with Crippen molar-refractivity contribution in [1.29, 1.82) is 0 Å². The minimum absolute atomic E-state index is 0.0859. The van der Waals surface area contributed by atoms with Crippen molar-refractivity contribution in [3.05, 3.63) is 45.6 Å². The number of hydrogen-bond donors (Lipinski definition) is 3. The smallest absolute Gasteiger partial charge is 0.244 e. The van der Waals surface area contributed by atoms with Gasteiger partial charge in [0.2, 0.25) is 23.0 Å². The Morgan fingerprint density at radius 1 is 1.05 bits per heavy atom. The summed E-state index contributed by atoms with van der Waals surface area (Å²) in [6, 6.07) is 5.92. The molecular weight excluding hydrogens is 550 g/mol. The number of carbonyl (C=O) groups is 2. The molecule has 0 spiro atoms. The number of rotatable bonds is 7. The molecule has 1 saturated heterocycles. The number of fused-ring (bicyclic) bond motifs is 4. The van der Waals surface area contributed by atoms with Gasteiger partial charge in [0.05, 0.1) is 38.7 Å². The van der Waals surface area contributed by atoms with Crippen LogP contribution in [0.3, 0.4) is 0 Å². The monoisotopic (exact) mass is 593 g/mol. The molecule has 0 radical (unpaired) electrons. The first kappa shape index (κ1) is 30.7. The highest BCUT2D eigenvalue weighted by molar-refractivity contribution is 5.86. The van der Waals surface area contributed by atoms with Crippen LogP contribution in [0.15, 0.2) is 29.1 Å². The Labute approximate surface area is 252 Å². The zero-order chi connectivity index (χ0) is 30.9. The maximum absolute atomic E-state index is 13.7. The molecule has 1 aliphatic heterocycles. The molecule has 232 valence electrons. The molecule has 2 amide bonds. The van der Waals surface area contributed by atoms with Crippen LogP contribution in [0.4, 0.5) is 5.69 Å². The maximum atomic E-state index is 13.7. The van der Waals surface area contributed by atoms with Gasteiger partial charge >= 0.3 is 0 Å². The molecule has 1 heterocycles. The molecule has 3 N–H and O–H groups in total. The molecule has 2 aromatic carbocycles. The van der Waals surface area contributed by atoms with E-state index in [1.165, 1.54) is 6.92 Å². The topological polar surface area (TPSA) is 126 Å². The van der Waals surface area contributed by atoms with Crippen LogP contribution in [-0.4, -0.2) is 67.9 Å². The highest BCUT2D eigenvalue weighted by atomic mass is 16.5. The fraction of sp³-hybridized carbons (Fsp3) is 0.545. The minimum atomic E-state index is -0.673. The number of methoxy groups -OCH3 is 3. The number of ether oxygens (including phenoxy) is 3. The van der Waals surface area contributed by atoms with Crippen molar-refractivity contribution in [2.75, 3.05) is 39.7 Å². The molecule has 2 aliphatic carbocycles. The third-order valence-corrected chi connectivity index (χ3v) is 9.40. The third kappa shape index (κ3) is 5.89. The van der Waals surface area contributed by atoms with E-state index in [4.69, 9.17) is 14.2 Å². The van der Waals surface area contributed by atoms with Crippen molar-refractivity contribution in [2.24, 2.45) is 5.92 Å². The Morgan fingerprint density at radius 3 is 2.51 bits per heavy atom. The first-order chi connectivity index (χ1) is 20.6. The number of nitrogens with zero attached hydrogens (tertiary/aromatic N) is 1. The minimum Gasteiger partial charge on any atom is -0.493 e. The quantitative estimate of drug-likeness (QED) is 0.443. The number of aliphatic hydroxyl groups is 1. The summed E-state index contributed by atoms with van der Waals surface area (Å²) in [7, 11) is 4.67. The van der Waals surface area contributed by atoms with E-state index in [0.717, 1.165) is 42.4 Å². The molecule has 3 aliphatic rings. The number of nitrogens with one attached hydrogen (secondary N) is 2. The summed E-state index contributed by atoms with van der Waals surface area (Å²) in [5, 5.41) is 17.2. The van der Waals surface area contributed by atoms with E-state index in [-0.39, 0.29) is 28.8 Å². The number of aryl methyl sites for hydroxylation is 1. The predicted molar refractivity (Wildman–Crippen MR) is 164 cm³/mol. The van der Waals surface area contributed by atoms with Crippen LogP contribution >= 0.6 is 0 Å².